The van der Waals surface area contributed by atoms with E-state index in [9.17, 15) is 0 Å². The van der Waals surface area contributed by atoms with Crippen LogP contribution >= 0.6 is 0 Å². The number of hydrogen-bond acceptors (Lipinski definition) is 2. The van der Waals surface area contributed by atoms with Crippen molar-refractivity contribution in [1.29, 1.82) is 0 Å². The second kappa shape index (κ2) is 4.79. The van der Waals surface area contributed by atoms with E-state index in [1.807, 2.05) is 0 Å². The molecule has 0 fully saturated rings. The molecule has 0 bridgehead atoms. The van der Waals surface area contributed by atoms with Gasteiger partial charge >= 0.3 is 0 Å². The molecule has 17 heavy (non-hydrogen) atoms. The highest BCUT2D eigenvalue weighted by atomic mass is 17.2. The van der Waals surface area contributed by atoms with E-state index in [2.05, 4.69) is 39.8 Å². The SMILES string of the molecule is Cc1cc(C)c2c(c1)COOC(C)(C)CCC2. The molecule has 0 saturated heterocycles. The van der Waals surface area contributed by atoms with Gasteiger partial charge in [-0.05, 0) is 63.6 Å². The fourth-order valence-electron chi connectivity index (χ4n) is 2.56. The van der Waals surface area contributed by atoms with Crippen LogP contribution in [-0.4, -0.2) is 5.60 Å². The molecule has 2 rings (SSSR count). The quantitative estimate of drug-likeness (QED) is 0.634. The zero-order chi connectivity index (χ0) is 12.5. The summed E-state index contributed by atoms with van der Waals surface area (Å²) in [4.78, 5) is 10.9. The van der Waals surface area contributed by atoms with Gasteiger partial charge in [-0.25, -0.2) is 9.78 Å². The average molecular weight is 234 g/mol. The van der Waals surface area contributed by atoms with Crippen molar-refractivity contribution in [3.05, 3.63) is 34.4 Å². The smallest absolute Gasteiger partial charge is 0.108 e. The van der Waals surface area contributed by atoms with Gasteiger partial charge in [-0.1, -0.05) is 17.7 Å². The second-order valence-corrected chi connectivity index (χ2v) is 5.68. The summed E-state index contributed by atoms with van der Waals surface area (Å²) in [6.45, 7) is 9.05. The van der Waals surface area contributed by atoms with Crippen molar-refractivity contribution in [2.75, 3.05) is 0 Å². The molecular weight excluding hydrogens is 212 g/mol. The highest BCUT2D eigenvalue weighted by Crippen LogP contribution is 2.26. The van der Waals surface area contributed by atoms with Crippen LogP contribution in [0.15, 0.2) is 12.1 Å². The number of benzene rings is 1. The summed E-state index contributed by atoms with van der Waals surface area (Å²) in [6, 6.07) is 4.47. The van der Waals surface area contributed by atoms with E-state index in [1.165, 1.54) is 22.3 Å². The Hall–Kier alpha value is -0.860. The van der Waals surface area contributed by atoms with Crippen molar-refractivity contribution in [3.8, 4) is 0 Å². The molecule has 2 nitrogen and oxygen atoms in total. The van der Waals surface area contributed by atoms with Gasteiger partial charge in [-0.15, -0.1) is 0 Å². The molecule has 0 amide bonds. The van der Waals surface area contributed by atoms with Crippen LogP contribution in [0.1, 0.15) is 48.9 Å². The van der Waals surface area contributed by atoms with Crippen molar-refractivity contribution in [1.82, 2.24) is 0 Å². The minimum absolute atomic E-state index is 0.176. The Kier molecular flexibility index (Phi) is 3.55. The van der Waals surface area contributed by atoms with Gasteiger partial charge < -0.3 is 0 Å². The number of hydrogen-bond donors (Lipinski definition) is 0. The maximum absolute atomic E-state index is 5.49. The minimum Gasteiger partial charge on any atom is -0.231 e. The average Bonchev–Trinajstić information content (AvgIpc) is 2.27. The van der Waals surface area contributed by atoms with E-state index in [-0.39, 0.29) is 5.60 Å². The van der Waals surface area contributed by atoms with Crippen LogP contribution in [0.3, 0.4) is 0 Å². The first-order chi connectivity index (χ1) is 7.98. The van der Waals surface area contributed by atoms with E-state index in [0.29, 0.717) is 6.61 Å². The fraction of sp³-hybridized carbons (Fsp3) is 0.600. The lowest BCUT2D eigenvalue weighted by molar-refractivity contribution is -0.361. The fourth-order valence-corrected chi connectivity index (χ4v) is 2.56. The third-order valence-corrected chi connectivity index (χ3v) is 3.41. The molecule has 0 atom stereocenters. The largest absolute Gasteiger partial charge is 0.231 e. The number of rotatable bonds is 0. The lowest BCUT2D eigenvalue weighted by Gasteiger charge is -2.22. The first-order valence-corrected chi connectivity index (χ1v) is 6.37. The van der Waals surface area contributed by atoms with Crippen LogP contribution in [0.4, 0.5) is 0 Å². The lowest BCUT2D eigenvalue weighted by atomic mass is 9.93. The predicted molar refractivity (Wildman–Crippen MR) is 68.8 cm³/mol. The predicted octanol–water partition coefficient (Wildman–Crippen LogP) is 3.87. The molecule has 0 aromatic heterocycles. The zero-order valence-corrected chi connectivity index (χ0v) is 11.3. The molecule has 94 valence electrons. The van der Waals surface area contributed by atoms with Crippen molar-refractivity contribution in [2.24, 2.45) is 0 Å². The molecule has 1 heterocycles. The standard InChI is InChI=1S/C15H22O2/c1-11-8-12(2)14-6-5-7-15(3,4)17-16-10-13(14)9-11/h8-9H,5-7,10H2,1-4H3. The van der Waals surface area contributed by atoms with Crippen molar-refractivity contribution in [3.63, 3.8) is 0 Å². The molecule has 0 saturated carbocycles. The molecule has 0 aliphatic carbocycles. The molecule has 0 unspecified atom stereocenters. The van der Waals surface area contributed by atoms with Gasteiger partial charge in [0.15, 0.2) is 0 Å². The van der Waals surface area contributed by atoms with Crippen LogP contribution in [-0.2, 0) is 22.8 Å². The van der Waals surface area contributed by atoms with E-state index in [0.717, 1.165) is 19.3 Å². The Bertz CT molecular complexity index is 408. The van der Waals surface area contributed by atoms with Crippen molar-refractivity contribution in [2.45, 2.75) is 59.2 Å². The summed E-state index contributed by atoms with van der Waals surface area (Å²) in [5, 5.41) is 0. The van der Waals surface area contributed by atoms with E-state index >= 15 is 0 Å². The minimum atomic E-state index is -0.176. The van der Waals surface area contributed by atoms with E-state index in [1.54, 1.807) is 0 Å². The van der Waals surface area contributed by atoms with Gasteiger partial charge in [0, 0.05) is 0 Å². The van der Waals surface area contributed by atoms with E-state index < -0.39 is 0 Å². The third kappa shape index (κ3) is 3.08. The molecule has 0 N–H and O–H groups in total. The Morgan fingerprint density at radius 3 is 2.71 bits per heavy atom. The Morgan fingerprint density at radius 1 is 1.18 bits per heavy atom. The summed E-state index contributed by atoms with van der Waals surface area (Å²) in [7, 11) is 0. The van der Waals surface area contributed by atoms with Crippen LogP contribution in [0.5, 0.6) is 0 Å². The van der Waals surface area contributed by atoms with Gasteiger partial charge in [0.2, 0.25) is 0 Å². The van der Waals surface area contributed by atoms with Crippen molar-refractivity contribution >= 4 is 0 Å². The van der Waals surface area contributed by atoms with Crippen LogP contribution < -0.4 is 0 Å². The molecule has 0 spiro atoms. The summed E-state index contributed by atoms with van der Waals surface area (Å²) in [5.41, 5.74) is 5.22. The zero-order valence-electron chi connectivity index (χ0n) is 11.3. The van der Waals surface area contributed by atoms with Crippen LogP contribution in [0.25, 0.3) is 0 Å². The topological polar surface area (TPSA) is 18.5 Å². The molecule has 0 radical (unpaired) electrons. The normalized spacial score (nSPS) is 20.0. The van der Waals surface area contributed by atoms with Crippen LogP contribution in [0.2, 0.25) is 0 Å². The molecule has 2 heteroatoms. The summed E-state index contributed by atoms with van der Waals surface area (Å²) >= 11 is 0. The first kappa shape index (κ1) is 12.6. The van der Waals surface area contributed by atoms with Gasteiger partial charge in [0.25, 0.3) is 0 Å². The molecule has 1 aliphatic rings. The van der Waals surface area contributed by atoms with Gasteiger partial charge in [0.1, 0.15) is 6.61 Å². The molecule has 1 aromatic carbocycles. The van der Waals surface area contributed by atoms with E-state index in [4.69, 9.17) is 9.78 Å². The van der Waals surface area contributed by atoms with Gasteiger partial charge in [-0.2, -0.15) is 0 Å². The van der Waals surface area contributed by atoms with Gasteiger partial charge in [0.05, 0.1) is 5.60 Å². The Balaban J connectivity index is 2.28. The first-order valence-electron chi connectivity index (χ1n) is 6.37. The molecular formula is C15H22O2. The second-order valence-electron chi connectivity index (χ2n) is 5.68. The maximum atomic E-state index is 5.49. The number of fused-ring (bicyclic) bond motifs is 1. The van der Waals surface area contributed by atoms with Crippen LogP contribution in [0, 0.1) is 13.8 Å². The highest BCUT2D eigenvalue weighted by Gasteiger charge is 2.22. The summed E-state index contributed by atoms with van der Waals surface area (Å²) < 4.78 is 0. The number of aryl methyl sites for hydroxylation is 2. The highest BCUT2D eigenvalue weighted by molar-refractivity contribution is 5.38. The Morgan fingerprint density at radius 2 is 1.94 bits per heavy atom. The summed E-state index contributed by atoms with van der Waals surface area (Å²) in [6.07, 6.45) is 3.30. The lowest BCUT2D eigenvalue weighted by Crippen LogP contribution is -2.23. The Labute approximate surface area is 104 Å². The molecule has 1 aliphatic heterocycles. The summed E-state index contributed by atoms with van der Waals surface area (Å²) in [5.74, 6) is 0. The monoisotopic (exact) mass is 234 g/mol. The maximum Gasteiger partial charge on any atom is 0.108 e. The van der Waals surface area contributed by atoms with Gasteiger partial charge in [-0.3, -0.25) is 0 Å². The molecule has 1 aromatic rings. The third-order valence-electron chi connectivity index (χ3n) is 3.41. The van der Waals surface area contributed by atoms with Crippen molar-refractivity contribution < 1.29 is 9.78 Å².